The van der Waals surface area contributed by atoms with Crippen molar-refractivity contribution >= 4 is 50.1 Å². The highest BCUT2D eigenvalue weighted by Gasteiger charge is 2.34. The van der Waals surface area contributed by atoms with E-state index in [2.05, 4.69) is 93.6 Å². The molecular weight excluding hydrogens is 391 g/mol. The second-order valence-electron chi connectivity index (χ2n) is 10.1. The minimum Gasteiger partial charge on any atom is -0.105 e. The maximum atomic E-state index is 2.49. The van der Waals surface area contributed by atoms with Crippen LogP contribution in [0, 0.1) is 17.8 Å². The third-order valence-electron chi connectivity index (χ3n) is 7.90. The Labute approximate surface area is 186 Å². The number of hydrogen-bond donors (Lipinski definition) is 0. The van der Waals surface area contributed by atoms with Gasteiger partial charge in [-0.15, -0.1) is 7.53 Å². The van der Waals surface area contributed by atoms with Crippen LogP contribution in [-0.4, -0.2) is 0 Å². The lowest BCUT2D eigenvalue weighted by Crippen LogP contribution is -2.23. The summed E-state index contributed by atoms with van der Waals surface area (Å²) in [4.78, 5) is 0. The first-order chi connectivity index (χ1) is 15.1. The molecule has 0 bridgehead atoms. The number of fused-ring (bicyclic) bond motifs is 7. The van der Waals surface area contributed by atoms with E-state index in [0.717, 1.165) is 23.4 Å². The number of rotatable bonds is 2. The molecule has 31 heavy (non-hydrogen) atoms. The van der Waals surface area contributed by atoms with Crippen molar-refractivity contribution in [2.45, 2.75) is 45.7 Å². The fourth-order valence-corrected chi connectivity index (χ4v) is 10.2. The summed E-state index contributed by atoms with van der Waals surface area (Å²) in [6.45, 7) is 7.40. The van der Waals surface area contributed by atoms with Gasteiger partial charge in [-0.3, -0.25) is 0 Å². The third kappa shape index (κ3) is 2.95. The Balaban J connectivity index is 1.79. The van der Waals surface area contributed by atoms with Crippen LogP contribution < -0.4 is 0 Å². The Morgan fingerprint density at radius 3 is 1.81 bits per heavy atom. The number of hydrogen-bond acceptors (Lipinski definition) is 0. The predicted octanol–water partition coefficient (Wildman–Crippen LogP) is 9.92. The van der Waals surface area contributed by atoms with Crippen LogP contribution in [0.5, 0.6) is 0 Å². The smallest absolute Gasteiger partial charge is 0.00333 e. The fourth-order valence-electron chi connectivity index (χ4n) is 6.38. The molecule has 0 radical (unpaired) electrons. The molecule has 1 fully saturated rings. The van der Waals surface area contributed by atoms with Gasteiger partial charge in [0, 0.05) is 26.7 Å². The topological polar surface area (TPSA) is 0 Å². The van der Waals surface area contributed by atoms with Gasteiger partial charge >= 0.3 is 0 Å². The van der Waals surface area contributed by atoms with Crippen molar-refractivity contribution in [1.29, 1.82) is 0 Å². The normalized spacial score (nSPS) is 22.3. The highest BCUT2D eigenvalue weighted by molar-refractivity contribution is 7.61. The first kappa shape index (κ1) is 19.4. The van der Waals surface area contributed by atoms with Gasteiger partial charge in [0.15, 0.2) is 0 Å². The summed E-state index contributed by atoms with van der Waals surface area (Å²) in [5.74, 6) is 2.43. The quantitative estimate of drug-likeness (QED) is 0.265. The average Bonchev–Trinajstić information content (AvgIpc) is 3.14. The summed E-state index contributed by atoms with van der Waals surface area (Å²) in [6.07, 6.45) is 4.18. The SMILES string of the molecule is CC1CCC(C(C)C)C(p2c3ccc4ccccc4c3c3c4ccccc4ccc32)C1. The van der Waals surface area contributed by atoms with Crippen LogP contribution in [0.1, 0.15) is 45.7 Å². The molecule has 3 atom stereocenters. The Morgan fingerprint density at radius 2 is 1.26 bits per heavy atom. The van der Waals surface area contributed by atoms with E-state index in [1.165, 1.54) is 51.6 Å². The lowest BCUT2D eigenvalue weighted by atomic mass is 9.77. The summed E-state index contributed by atoms with van der Waals surface area (Å²) in [7, 11) is -0.340. The van der Waals surface area contributed by atoms with Crippen molar-refractivity contribution in [2.24, 2.45) is 17.8 Å². The molecule has 0 spiro atoms. The molecule has 0 N–H and O–H groups in total. The summed E-state index contributed by atoms with van der Waals surface area (Å²) in [5.41, 5.74) is 0.793. The van der Waals surface area contributed by atoms with Crippen molar-refractivity contribution in [1.82, 2.24) is 0 Å². The molecule has 1 saturated carbocycles. The zero-order chi connectivity index (χ0) is 21.1. The molecule has 0 amide bonds. The summed E-state index contributed by atoms with van der Waals surface area (Å²) >= 11 is 0. The number of benzene rings is 4. The second-order valence-corrected chi connectivity index (χ2v) is 12.5. The van der Waals surface area contributed by atoms with E-state index in [9.17, 15) is 0 Å². The van der Waals surface area contributed by atoms with E-state index in [1.54, 1.807) is 10.2 Å². The molecule has 3 unspecified atom stereocenters. The molecule has 1 aliphatic rings. The molecule has 5 aromatic rings. The molecule has 0 nitrogen and oxygen atoms in total. The van der Waals surface area contributed by atoms with Crippen LogP contribution in [0.2, 0.25) is 0 Å². The van der Waals surface area contributed by atoms with E-state index in [-0.39, 0.29) is 7.53 Å². The summed E-state index contributed by atoms with van der Waals surface area (Å²) in [6, 6.07) is 27.8. The first-order valence-electron chi connectivity index (χ1n) is 12.0. The van der Waals surface area contributed by atoms with Gasteiger partial charge in [0.25, 0.3) is 0 Å². The molecule has 1 aliphatic carbocycles. The Hall–Kier alpha value is -2.30. The van der Waals surface area contributed by atoms with Gasteiger partial charge in [0.1, 0.15) is 0 Å². The maximum absolute atomic E-state index is 2.49. The van der Waals surface area contributed by atoms with E-state index in [1.807, 2.05) is 0 Å². The fraction of sp³-hybridized carbons (Fsp3) is 0.333. The Morgan fingerprint density at radius 1 is 0.710 bits per heavy atom. The Bertz CT molecular complexity index is 1330. The molecule has 1 heterocycles. The molecule has 1 aromatic heterocycles. The van der Waals surface area contributed by atoms with Gasteiger partial charge in [-0.2, -0.15) is 0 Å². The minimum absolute atomic E-state index is 0.340. The van der Waals surface area contributed by atoms with E-state index in [0.29, 0.717) is 0 Å². The standard InChI is InChI=1S/C30H31P/c1-19(2)23-15-12-20(3)18-28(23)31-26-16-13-21-8-4-6-10-24(21)29(26)30-25-11-7-5-9-22(25)14-17-27(30)31/h4-11,13-14,16-17,19-20,23,28H,12,15,18H2,1-3H3. The molecule has 0 aliphatic heterocycles. The Kier molecular flexibility index (Phi) is 4.62. The lowest BCUT2D eigenvalue weighted by Gasteiger charge is -2.38. The van der Waals surface area contributed by atoms with Crippen LogP contribution in [0.25, 0.3) is 42.6 Å². The molecule has 6 rings (SSSR count). The van der Waals surface area contributed by atoms with Crippen molar-refractivity contribution in [2.75, 3.05) is 0 Å². The van der Waals surface area contributed by atoms with Crippen LogP contribution in [0.3, 0.4) is 0 Å². The second kappa shape index (κ2) is 7.39. The van der Waals surface area contributed by atoms with Crippen LogP contribution in [-0.2, 0) is 0 Å². The molecule has 1 heteroatoms. The van der Waals surface area contributed by atoms with Crippen molar-refractivity contribution < 1.29 is 0 Å². The van der Waals surface area contributed by atoms with Gasteiger partial charge < -0.3 is 0 Å². The predicted molar refractivity (Wildman–Crippen MR) is 140 cm³/mol. The van der Waals surface area contributed by atoms with Gasteiger partial charge in [-0.25, -0.2) is 0 Å². The monoisotopic (exact) mass is 422 g/mol. The van der Waals surface area contributed by atoms with Gasteiger partial charge in [-0.05, 0) is 64.3 Å². The van der Waals surface area contributed by atoms with Crippen molar-refractivity contribution in [3.05, 3.63) is 72.8 Å². The van der Waals surface area contributed by atoms with E-state index < -0.39 is 0 Å². The van der Waals surface area contributed by atoms with E-state index >= 15 is 0 Å². The summed E-state index contributed by atoms with van der Waals surface area (Å²) < 4.78 is 0. The van der Waals surface area contributed by atoms with Gasteiger partial charge in [0.2, 0.25) is 0 Å². The summed E-state index contributed by atoms with van der Waals surface area (Å²) in [5, 5.41) is 12.0. The molecular formula is C30H31P. The van der Waals surface area contributed by atoms with Crippen LogP contribution in [0.15, 0.2) is 72.8 Å². The molecule has 4 aromatic carbocycles. The van der Waals surface area contributed by atoms with Crippen LogP contribution >= 0.6 is 7.53 Å². The zero-order valence-corrected chi connectivity index (χ0v) is 19.7. The van der Waals surface area contributed by atoms with Gasteiger partial charge in [-0.1, -0.05) is 87.9 Å². The largest absolute Gasteiger partial charge is 0.105 e. The van der Waals surface area contributed by atoms with Crippen LogP contribution in [0.4, 0.5) is 0 Å². The maximum Gasteiger partial charge on any atom is 0.00333 e. The first-order valence-corrected chi connectivity index (χ1v) is 13.4. The molecule has 0 saturated heterocycles. The average molecular weight is 423 g/mol. The zero-order valence-electron chi connectivity index (χ0n) is 18.8. The van der Waals surface area contributed by atoms with Crippen molar-refractivity contribution in [3.63, 3.8) is 0 Å². The highest BCUT2D eigenvalue weighted by Crippen LogP contribution is 2.64. The van der Waals surface area contributed by atoms with E-state index in [4.69, 9.17) is 0 Å². The third-order valence-corrected chi connectivity index (χ3v) is 10.9. The lowest BCUT2D eigenvalue weighted by molar-refractivity contribution is 0.225. The molecule has 156 valence electrons. The van der Waals surface area contributed by atoms with Gasteiger partial charge in [0.05, 0.1) is 0 Å². The highest BCUT2D eigenvalue weighted by atomic mass is 31.1. The van der Waals surface area contributed by atoms with Crippen molar-refractivity contribution in [3.8, 4) is 0 Å². The minimum atomic E-state index is -0.340.